The fourth-order valence-corrected chi connectivity index (χ4v) is 5.83. The molecule has 0 aliphatic carbocycles. The third-order valence-electron chi connectivity index (χ3n) is 7.82. The second-order valence-corrected chi connectivity index (χ2v) is 11.7. The van der Waals surface area contributed by atoms with Crippen LogP contribution in [0, 0.1) is 13.8 Å². The van der Waals surface area contributed by atoms with E-state index in [1.807, 2.05) is 0 Å². The summed E-state index contributed by atoms with van der Waals surface area (Å²) >= 11 is 6.22. The number of carbonyl (C=O) groups excluding carboxylic acids is 3. The first-order valence-corrected chi connectivity index (χ1v) is 14.9. The predicted octanol–water partition coefficient (Wildman–Crippen LogP) is 4.88. The summed E-state index contributed by atoms with van der Waals surface area (Å²) in [4.78, 5) is 58.1. The van der Waals surface area contributed by atoms with Gasteiger partial charge in [-0.2, -0.15) is 18.3 Å². The molecule has 1 aliphatic heterocycles. The Kier molecular flexibility index (Phi) is 10.4. The molecule has 46 heavy (non-hydrogen) atoms. The molecule has 15 heteroatoms. The number of likely N-dealkylation sites (tertiary alicyclic amines) is 1. The SMILES string of the molecule is CC(=O)N(CC(F)(F)F)C(C)[C@H]1CC[C@@H](c2cccc(Cl)c2)N1C(=O)C(C)NC(=O)c1ccc(Oc2cc(C)n[nH]c2=O)c(C)n1. The van der Waals surface area contributed by atoms with E-state index < -0.39 is 60.2 Å². The molecule has 1 fully saturated rings. The molecule has 4 rings (SSSR count). The zero-order valence-electron chi connectivity index (χ0n) is 25.8. The van der Waals surface area contributed by atoms with Crippen LogP contribution in [0.5, 0.6) is 11.5 Å². The first kappa shape index (κ1) is 34.4. The molecule has 3 aromatic rings. The number of ether oxygens (including phenoxy) is 1. The lowest BCUT2D eigenvalue weighted by Gasteiger charge is -2.40. The molecule has 2 N–H and O–H groups in total. The number of benzene rings is 1. The van der Waals surface area contributed by atoms with Gasteiger partial charge in [-0.15, -0.1) is 0 Å². The average molecular weight is 663 g/mol. The van der Waals surface area contributed by atoms with Crippen LogP contribution in [-0.4, -0.2) is 73.5 Å². The number of carbonyl (C=O) groups is 3. The number of hydrogen-bond donors (Lipinski definition) is 2. The molecule has 11 nitrogen and oxygen atoms in total. The van der Waals surface area contributed by atoms with E-state index in [0.717, 1.165) is 6.92 Å². The van der Waals surface area contributed by atoms with E-state index in [4.69, 9.17) is 16.3 Å². The minimum Gasteiger partial charge on any atom is -0.450 e. The maximum atomic E-state index is 14.0. The molecular weight excluding hydrogens is 629 g/mol. The van der Waals surface area contributed by atoms with E-state index in [2.05, 4.69) is 20.5 Å². The van der Waals surface area contributed by atoms with Crippen LogP contribution in [0.15, 0.2) is 47.3 Å². The summed E-state index contributed by atoms with van der Waals surface area (Å²) in [6, 6.07) is 7.66. The molecule has 2 aromatic heterocycles. The van der Waals surface area contributed by atoms with Crippen molar-refractivity contribution in [1.29, 1.82) is 0 Å². The van der Waals surface area contributed by atoms with Crippen molar-refractivity contribution in [2.75, 3.05) is 6.54 Å². The van der Waals surface area contributed by atoms with Crippen molar-refractivity contribution in [3.8, 4) is 11.5 Å². The van der Waals surface area contributed by atoms with Gasteiger partial charge in [0, 0.05) is 24.1 Å². The summed E-state index contributed by atoms with van der Waals surface area (Å²) < 4.78 is 45.9. The molecule has 3 heterocycles. The van der Waals surface area contributed by atoms with Gasteiger partial charge >= 0.3 is 11.7 Å². The first-order valence-electron chi connectivity index (χ1n) is 14.5. The van der Waals surface area contributed by atoms with Gasteiger partial charge in [0.1, 0.15) is 24.0 Å². The number of H-pyrrole nitrogens is 1. The van der Waals surface area contributed by atoms with Crippen LogP contribution in [-0.2, 0) is 9.59 Å². The van der Waals surface area contributed by atoms with E-state index in [0.29, 0.717) is 39.7 Å². The molecule has 1 aliphatic rings. The molecule has 246 valence electrons. The molecule has 1 aromatic carbocycles. The Bertz CT molecular complexity index is 1680. The lowest BCUT2D eigenvalue weighted by molar-refractivity contribution is -0.167. The van der Waals surface area contributed by atoms with Crippen LogP contribution >= 0.6 is 11.6 Å². The summed E-state index contributed by atoms with van der Waals surface area (Å²) in [7, 11) is 0. The van der Waals surface area contributed by atoms with Gasteiger partial charge in [-0.05, 0) is 70.4 Å². The van der Waals surface area contributed by atoms with Gasteiger partial charge in [0.15, 0.2) is 5.75 Å². The fraction of sp³-hybridized carbons (Fsp3) is 0.419. The zero-order chi connectivity index (χ0) is 33.9. The summed E-state index contributed by atoms with van der Waals surface area (Å²) in [6.07, 6.45) is -3.92. The van der Waals surface area contributed by atoms with E-state index in [1.54, 1.807) is 38.1 Å². The molecule has 1 saturated heterocycles. The van der Waals surface area contributed by atoms with Crippen molar-refractivity contribution in [1.82, 2.24) is 30.3 Å². The maximum absolute atomic E-state index is 14.0. The summed E-state index contributed by atoms with van der Waals surface area (Å²) in [5, 5.41) is 9.16. The molecule has 2 unspecified atom stereocenters. The number of aromatic amines is 1. The summed E-state index contributed by atoms with van der Waals surface area (Å²) in [5.74, 6) is -1.78. The lowest BCUT2D eigenvalue weighted by Crippen LogP contribution is -2.56. The van der Waals surface area contributed by atoms with Crippen LogP contribution in [0.3, 0.4) is 0 Å². The second-order valence-electron chi connectivity index (χ2n) is 11.2. The number of aromatic nitrogens is 3. The van der Waals surface area contributed by atoms with E-state index >= 15 is 0 Å². The van der Waals surface area contributed by atoms with Gasteiger partial charge in [0.25, 0.3) is 5.91 Å². The highest BCUT2D eigenvalue weighted by Crippen LogP contribution is 2.40. The lowest BCUT2D eigenvalue weighted by atomic mass is 10.0. The highest BCUT2D eigenvalue weighted by atomic mass is 35.5. The van der Waals surface area contributed by atoms with Gasteiger partial charge in [-0.3, -0.25) is 19.2 Å². The zero-order valence-corrected chi connectivity index (χ0v) is 26.6. The highest BCUT2D eigenvalue weighted by molar-refractivity contribution is 6.30. The molecule has 3 amide bonds. The van der Waals surface area contributed by atoms with Gasteiger partial charge in [-0.25, -0.2) is 10.1 Å². The third kappa shape index (κ3) is 8.03. The molecule has 0 radical (unpaired) electrons. The number of aryl methyl sites for hydroxylation is 2. The Balaban J connectivity index is 1.57. The van der Waals surface area contributed by atoms with Crippen molar-refractivity contribution in [3.05, 3.63) is 80.5 Å². The molecule has 4 atom stereocenters. The van der Waals surface area contributed by atoms with Gasteiger partial charge in [0.2, 0.25) is 11.8 Å². The Morgan fingerprint density at radius 1 is 1.13 bits per heavy atom. The number of halogens is 4. The minimum absolute atomic E-state index is 0.00366. The summed E-state index contributed by atoms with van der Waals surface area (Å²) in [5.41, 5.74) is 0.917. The fourth-order valence-electron chi connectivity index (χ4n) is 5.63. The minimum atomic E-state index is -4.64. The number of rotatable bonds is 9. The number of pyridine rings is 1. The van der Waals surface area contributed by atoms with Crippen LogP contribution in [0.25, 0.3) is 0 Å². The van der Waals surface area contributed by atoms with E-state index in [1.165, 1.54) is 36.9 Å². The average Bonchev–Trinajstić information content (AvgIpc) is 3.42. The second kappa shape index (κ2) is 13.9. The molecule has 0 saturated carbocycles. The Labute approximate surface area is 268 Å². The summed E-state index contributed by atoms with van der Waals surface area (Å²) in [6.45, 7) is 5.80. The molecular formula is C31H34ClF3N6O5. The van der Waals surface area contributed by atoms with Crippen molar-refractivity contribution in [2.24, 2.45) is 0 Å². The predicted molar refractivity (Wildman–Crippen MR) is 163 cm³/mol. The van der Waals surface area contributed by atoms with Crippen LogP contribution in [0.4, 0.5) is 13.2 Å². The van der Waals surface area contributed by atoms with Crippen molar-refractivity contribution < 1.29 is 32.3 Å². The first-order chi connectivity index (χ1) is 21.6. The van der Waals surface area contributed by atoms with Gasteiger partial charge in [0.05, 0.1) is 23.5 Å². The largest absolute Gasteiger partial charge is 0.450 e. The smallest absolute Gasteiger partial charge is 0.406 e. The number of hydrogen-bond acceptors (Lipinski definition) is 7. The number of nitrogens with one attached hydrogen (secondary N) is 2. The van der Waals surface area contributed by atoms with Crippen LogP contribution in [0.1, 0.15) is 67.1 Å². The highest BCUT2D eigenvalue weighted by Gasteiger charge is 2.45. The van der Waals surface area contributed by atoms with E-state index in [9.17, 15) is 32.3 Å². The van der Waals surface area contributed by atoms with Crippen molar-refractivity contribution in [2.45, 2.75) is 77.8 Å². The quantitative estimate of drug-likeness (QED) is 0.333. The van der Waals surface area contributed by atoms with Gasteiger partial charge < -0.3 is 19.9 Å². The number of alkyl halides is 3. The van der Waals surface area contributed by atoms with Crippen molar-refractivity contribution in [3.63, 3.8) is 0 Å². The topological polar surface area (TPSA) is 138 Å². The van der Waals surface area contributed by atoms with Crippen LogP contribution in [0.2, 0.25) is 5.02 Å². The van der Waals surface area contributed by atoms with Crippen LogP contribution < -0.4 is 15.6 Å². The Hall–Kier alpha value is -4.46. The standard InChI is InChI=1S/C31H34ClF3N6O5/c1-16-13-27(29(44)39-38-16)46-26-12-9-23(36-17(26)2)28(43)37-18(3)30(45)41-24(19(4)40(20(5)42)15-31(33,34)35)10-11-25(41)21-7-6-8-22(32)14-21/h6-9,12-14,18-19,24-25H,10-11,15H2,1-5H3,(H,37,43)(H,39,44)/t18?,19?,24-,25+/m1/s1. The maximum Gasteiger partial charge on any atom is 0.406 e. The Morgan fingerprint density at radius 3 is 2.48 bits per heavy atom. The number of nitrogens with zero attached hydrogens (tertiary/aromatic N) is 4. The van der Waals surface area contributed by atoms with E-state index in [-0.39, 0.29) is 17.2 Å². The molecule has 0 spiro atoms. The Morgan fingerprint density at radius 2 is 1.85 bits per heavy atom. The number of amides is 3. The van der Waals surface area contributed by atoms with Gasteiger partial charge in [-0.1, -0.05) is 23.7 Å². The monoisotopic (exact) mass is 662 g/mol. The van der Waals surface area contributed by atoms with Crippen molar-refractivity contribution >= 4 is 29.3 Å². The third-order valence-corrected chi connectivity index (χ3v) is 8.06. The normalized spacial score (nSPS) is 17.7. The molecule has 0 bridgehead atoms.